The third kappa shape index (κ3) is 4.86. The molecule has 4 nitrogen and oxygen atoms in total. The van der Waals surface area contributed by atoms with Crippen LogP contribution in [0.4, 0.5) is 13.2 Å². The van der Waals surface area contributed by atoms with E-state index in [-0.39, 0.29) is 30.6 Å². The second kappa shape index (κ2) is 7.55. The molecule has 0 aliphatic heterocycles. The number of carbonyl (C=O) groups is 1. The second-order valence-corrected chi connectivity index (χ2v) is 6.35. The van der Waals surface area contributed by atoms with Crippen LogP contribution in [-0.4, -0.2) is 21.7 Å². The summed E-state index contributed by atoms with van der Waals surface area (Å²) in [5, 5.41) is 6.06. The number of aryl methyl sites for hydroxylation is 1. The molecule has 0 atom stereocenters. The number of nitrogens with one attached hydrogen (secondary N) is 1. The van der Waals surface area contributed by atoms with Crippen LogP contribution >= 0.6 is 11.6 Å². The van der Waals surface area contributed by atoms with Crippen molar-refractivity contribution in [3.05, 3.63) is 16.4 Å². The van der Waals surface area contributed by atoms with Gasteiger partial charge in [-0.25, -0.2) is 0 Å². The highest BCUT2D eigenvalue weighted by atomic mass is 35.5. The summed E-state index contributed by atoms with van der Waals surface area (Å²) in [4.78, 5) is 12.0. The molecular formula is C15H21ClF3N3O. The number of hydrogen-bond acceptors (Lipinski definition) is 2. The lowest BCUT2D eigenvalue weighted by Gasteiger charge is -2.16. The minimum atomic E-state index is -4.59. The number of hydrogen-bond donors (Lipinski definition) is 1. The van der Waals surface area contributed by atoms with Crippen molar-refractivity contribution in [3.8, 4) is 0 Å². The molecule has 1 aromatic heterocycles. The van der Waals surface area contributed by atoms with Crippen molar-refractivity contribution in [2.24, 2.45) is 0 Å². The Morgan fingerprint density at radius 2 is 1.91 bits per heavy atom. The van der Waals surface area contributed by atoms with E-state index in [4.69, 9.17) is 11.6 Å². The van der Waals surface area contributed by atoms with Crippen LogP contribution in [0.25, 0.3) is 0 Å². The van der Waals surface area contributed by atoms with Crippen molar-refractivity contribution in [2.75, 3.05) is 0 Å². The van der Waals surface area contributed by atoms with Crippen LogP contribution in [0.3, 0.4) is 0 Å². The van der Waals surface area contributed by atoms with Gasteiger partial charge >= 0.3 is 6.18 Å². The van der Waals surface area contributed by atoms with Crippen molar-refractivity contribution < 1.29 is 18.0 Å². The molecular weight excluding hydrogens is 331 g/mol. The lowest BCUT2D eigenvalue weighted by Crippen LogP contribution is -2.34. The van der Waals surface area contributed by atoms with E-state index in [0.717, 1.165) is 30.4 Å². The molecule has 1 aliphatic carbocycles. The Hall–Kier alpha value is -1.24. The molecule has 8 heteroatoms. The first-order chi connectivity index (χ1) is 10.8. The van der Waals surface area contributed by atoms with Crippen molar-refractivity contribution in [2.45, 2.75) is 70.6 Å². The SMILES string of the molecule is Cc1c(Cl)c(C(F)(F)F)nn1CCC(=O)NC1CCCCCC1. The van der Waals surface area contributed by atoms with Crippen molar-refractivity contribution in [1.29, 1.82) is 0 Å². The topological polar surface area (TPSA) is 46.9 Å². The Labute approximate surface area is 138 Å². The lowest BCUT2D eigenvalue weighted by molar-refractivity contribution is -0.141. The van der Waals surface area contributed by atoms with E-state index in [0.29, 0.717) is 0 Å². The maximum Gasteiger partial charge on any atom is 0.436 e. The monoisotopic (exact) mass is 351 g/mol. The zero-order chi connectivity index (χ0) is 17.0. The van der Waals surface area contributed by atoms with Crippen LogP contribution in [0.2, 0.25) is 5.02 Å². The zero-order valence-corrected chi connectivity index (χ0v) is 13.8. The van der Waals surface area contributed by atoms with Gasteiger partial charge < -0.3 is 5.32 Å². The fourth-order valence-corrected chi connectivity index (χ4v) is 3.10. The molecule has 1 aliphatic rings. The molecule has 0 unspecified atom stereocenters. The molecule has 0 saturated heterocycles. The number of rotatable bonds is 4. The van der Waals surface area contributed by atoms with E-state index in [1.165, 1.54) is 19.8 Å². The van der Waals surface area contributed by atoms with E-state index < -0.39 is 16.9 Å². The molecule has 1 amide bonds. The average Bonchev–Trinajstić information content (AvgIpc) is 2.66. The molecule has 0 aromatic carbocycles. The van der Waals surface area contributed by atoms with E-state index in [2.05, 4.69) is 10.4 Å². The van der Waals surface area contributed by atoms with E-state index >= 15 is 0 Å². The normalized spacial score (nSPS) is 17.1. The third-order valence-electron chi connectivity index (χ3n) is 4.17. The van der Waals surface area contributed by atoms with Crippen LogP contribution in [0.15, 0.2) is 0 Å². The third-order valence-corrected chi connectivity index (χ3v) is 4.63. The Morgan fingerprint density at radius 1 is 1.30 bits per heavy atom. The Balaban J connectivity index is 1.91. The van der Waals surface area contributed by atoms with Gasteiger partial charge in [0, 0.05) is 12.5 Å². The summed E-state index contributed by atoms with van der Waals surface area (Å²) < 4.78 is 39.4. The molecule has 23 heavy (non-hydrogen) atoms. The quantitative estimate of drug-likeness (QED) is 0.830. The predicted octanol–water partition coefficient (Wildman–Crippen LogP) is 4.09. The van der Waals surface area contributed by atoms with Gasteiger partial charge in [0.05, 0.1) is 17.3 Å². The van der Waals surface area contributed by atoms with Gasteiger partial charge in [-0.1, -0.05) is 37.3 Å². The Kier molecular flexibility index (Phi) is 5.95. The van der Waals surface area contributed by atoms with E-state index in [1.54, 1.807) is 0 Å². The number of alkyl halides is 3. The highest BCUT2D eigenvalue weighted by molar-refractivity contribution is 6.31. The first kappa shape index (κ1) is 18.1. The van der Waals surface area contributed by atoms with Gasteiger partial charge in [0.2, 0.25) is 5.91 Å². The summed E-state index contributed by atoms with van der Waals surface area (Å²) in [6.07, 6.45) is 2.03. The van der Waals surface area contributed by atoms with Gasteiger partial charge in [-0.3, -0.25) is 9.48 Å². The fraction of sp³-hybridized carbons (Fsp3) is 0.733. The number of carbonyl (C=O) groups excluding carboxylic acids is 1. The van der Waals surface area contributed by atoms with Crippen molar-refractivity contribution in [1.82, 2.24) is 15.1 Å². The van der Waals surface area contributed by atoms with Gasteiger partial charge in [0.25, 0.3) is 0 Å². The summed E-state index contributed by atoms with van der Waals surface area (Å²) >= 11 is 5.68. The first-order valence-corrected chi connectivity index (χ1v) is 8.26. The van der Waals surface area contributed by atoms with Crippen LogP contribution < -0.4 is 5.32 Å². The van der Waals surface area contributed by atoms with Gasteiger partial charge in [0.1, 0.15) is 0 Å². The molecule has 130 valence electrons. The zero-order valence-electron chi connectivity index (χ0n) is 13.0. The van der Waals surface area contributed by atoms with Gasteiger partial charge in [0.15, 0.2) is 5.69 Å². The second-order valence-electron chi connectivity index (χ2n) is 5.97. The summed E-state index contributed by atoms with van der Waals surface area (Å²) in [6.45, 7) is 1.55. The fourth-order valence-electron chi connectivity index (χ4n) is 2.85. The van der Waals surface area contributed by atoms with Gasteiger partial charge in [-0.2, -0.15) is 18.3 Å². The number of nitrogens with zero attached hydrogens (tertiary/aromatic N) is 2. The van der Waals surface area contributed by atoms with E-state index in [1.807, 2.05) is 0 Å². The highest BCUT2D eigenvalue weighted by Crippen LogP contribution is 2.35. The predicted molar refractivity (Wildman–Crippen MR) is 81.2 cm³/mol. The standard InChI is InChI=1S/C15H21ClF3N3O/c1-10-13(16)14(15(17,18)19)21-22(10)9-8-12(23)20-11-6-4-2-3-5-7-11/h11H,2-9H2,1H3,(H,20,23). The van der Waals surface area contributed by atoms with Crippen LogP contribution in [0.5, 0.6) is 0 Å². The van der Waals surface area contributed by atoms with E-state index in [9.17, 15) is 18.0 Å². The van der Waals surface area contributed by atoms with Crippen LogP contribution in [-0.2, 0) is 17.5 Å². The molecule has 1 aromatic rings. The summed E-state index contributed by atoms with van der Waals surface area (Å²) in [5.74, 6) is -0.156. The lowest BCUT2D eigenvalue weighted by atomic mass is 10.1. The molecule has 1 fully saturated rings. The first-order valence-electron chi connectivity index (χ1n) is 7.88. The molecule has 1 saturated carbocycles. The minimum Gasteiger partial charge on any atom is -0.353 e. The highest BCUT2D eigenvalue weighted by Gasteiger charge is 2.38. The maximum atomic E-state index is 12.7. The summed E-state index contributed by atoms with van der Waals surface area (Å²) in [6, 6.07) is 0.179. The van der Waals surface area contributed by atoms with Crippen molar-refractivity contribution in [3.63, 3.8) is 0 Å². The van der Waals surface area contributed by atoms with Crippen LogP contribution in [0, 0.1) is 6.92 Å². The van der Waals surface area contributed by atoms with Crippen LogP contribution in [0.1, 0.15) is 56.3 Å². The summed E-state index contributed by atoms with van der Waals surface area (Å²) in [5.41, 5.74) is -0.873. The average molecular weight is 352 g/mol. The smallest absolute Gasteiger partial charge is 0.353 e. The number of amides is 1. The molecule has 0 bridgehead atoms. The molecule has 0 radical (unpaired) electrons. The Morgan fingerprint density at radius 3 is 2.43 bits per heavy atom. The molecule has 1 heterocycles. The Bertz CT molecular complexity index is 549. The number of halogens is 4. The largest absolute Gasteiger partial charge is 0.436 e. The molecule has 2 rings (SSSR count). The van der Waals surface area contributed by atoms with Gasteiger partial charge in [-0.05, 0) is 19.8 Å². The number of aromatic nitrogens is 2. The van der Waals surface area contributed by atoms with Crippen molar-refractivity contribution >= 4 is 17.5 Å². The summed E-state index contributed by atoms with van der Waals surface area (Å²) in [7, 11) is 0. The van der Waals surface area contributed by atoms with Gasteiger partial charge in [-0.15, -0.1) is 0 Å². The molecule has 0 spiro atoms. The minimum absolute atomic E-state index is 0.0835. The maximum absolute atomic E-state index is 12.7. The molecule has 1 N–H and O–H groups in total.